The van der Waals surface area contributed by atoms with E-state index in [2.05, 4.69) is 5.32 Å². The Bertz CT molecular complexity index is 450. The zero-order valence-corrected chi connectivity index (χ0v) is 8.58. The smallest absolute Gasteiger partial charge is 0.255 e. The Hall–Kier alpha value is -1.82. The van der Waals surface area contributed by atoms with Crippen molar-refractivity contribution in [2.45, 2.75) is 12.8 Å². The molecule has 2 rings (SSSR count). The number of carbonyl (C=O) groups is 2. The summed E-state index contributed by atoms with van der Waals surface area (Å²) in [4.78, 5) is 22.9. The van der Waals surface area contributed by atoms with Gasteiger partial charge >= 0.3 is 0 Å². The monoisotopic (exact) mass is 224 g/mol. The lowest BCUT2D eigenvalue weighted by molar-refractivity contribution is 0.0928. The van der Waals surface area contributed by atoms with Gasteiger partial charge in [0.2, 0.25) is 0 Å². The van der Waals surface area contributed by atoms with Gasteiger partial charge in [-0.3, -0.25) is 9.59 Å². The molecule has 1 aliphatic rings. The van der Waals surface area contributed by atoms with Crippen molar-refractivity contribution in [2.24, 2.45) is 5.73 Å². The SMILES string of the molecule is NC(=O)c1c(CCO)oc2c1C(=O)NCC2. The predicted octanol–water partition coefficient (Wildman–Crippen LogP) is -0.801. The molecular weight excluding hydrogens is 212 g/mol. The molecule has 2 heterocycles. The van der Waals surface area contributed by atoms with Crippen molar-refractivity contribution in [3.63, 3.8) is 0 Å². The van der Waals surface area contributed by atoms with Gasteiger partial charge in [0, 0.05) is 19.4 Å². The van der Waals surface area contributed by atoms with Crippen molar-refractivity contribution < 1.29 is 19.1 Å². The lowest BCUT2D eigenvalue weighted by Gasteiger charge is -2.10. The van der Waals surface area contributed by atoms with E-state index in [0.29, 0.717) is 18.7 Å². The molecule has 0 aliphatic carbocycles. The summed E-state index contributed by atoms with van der Waals surface area (Å²) in [5.41, 5.74) is 5.54. The molecule has 0 bridgehead atoms. The Kier molecular flexibility index (Phi) is 2.66. The highest BCUT2D eigenvalue weighted by Crippen LogP contribution is 2.25. The fraction of sp³-hybridized carbons (Fsp3) is 0.400. The third kappa shape index (κ3) is 1.57. The Balaban J connectivity index is 2.56. The highest BCUT2D eigenvalue weighted by Gasteiger charge is 2.30. The first-order valence-corrected chi connectivity index (χ1v) is 4.98. The molecule has 86 valence electrons. The topological polar surface area (TPSA) is 106 Å². The van der Waals surface area contributed by atoms with Gasteiger partial charge in [-0.05, 0) is 0 Å². The van der Waals surface area contributed by atoms with Gasteiger partial charge < -0.3 is 20.6 Å². The maximum atomic E-state index is 11.6. The summed E-state index contributed by atoms with van der Waals surface area (Å²) in [7, 11) is 0. The first-order chi connectivity index (χ1) is 7.65. The number of amides is 2. The molecule has 1 aromatic heterocycles. The van der Waals surface area contributed by atoms with Crippen LogP contribution in [0.2, 0.25) is 0 Å². The minimum atomic E-state index is -0.703. The first kappa shape index (κ1) is 10.7. The third-order valence-electron chi connectivity index (χ3n) is 2.50. The van der Waals surface area contributed by atoms with Crippen LogP contribution in [0.3, 0.4) is 0 Å². The Morgan fingerprint density at radius 3 is 2.94 bits per heavy atom. The molecule has 0 atom stereocenters. The minimum Gasteiger partial charge on any atom is -0.464 e. The van der Waals surface area contributed by atoms with Gasteiger partial charge in [0.15, 0.2) is 0 Å². The van der Waals surface area contributed by atoms with Crippen LogP contribution in [0.15, 0.2) is 4.42 Å². The fourth-order valence-electron chi connectivity index (χ4n) is 1.86. The van der Waals surface area contributed by atoms with Crippen molar-refractivity contribution in [3.05, 3.63) is 22.6 Å². The number of hydrogen-bond donors (Lipinski definition) is 3. The Labute approximate surface area is 91.4 Å². The van der Waals surface area contributed by atoms with Gasteiger partial charge in [0.25, 0.3) is 11.8 Å². The average molecular weight is 224 g/mol. The number of hydrogen-bond acceptors (Lipinski definition) is 4. The zero-order chi connectivity index (χ0) is 11.7. The number of furan rings is 1. The molecule has 6 nitrogen and oxygen atoms in total. The lowest BCUT2D eigenvalue weighted by atomic mass is 10.0. The molecule has 1 aromatic rings. The summed E-state index contributed by atoms with van der Waals surface area (Å²) in [5, 5.41) is 11.5. The molecule has 0 fully saturated rings. The van der Waals surface area contributed by atoms with E-state index < -0.39 is 5.91 Å². The lowest BCUT2D eigenvalue weighted by Crippen LogP contribution is -2.33. The summed E-state index contributed by atoms with van der Waals surface area (Å²) < 4.78 is 5.39. The van der Waals surface area contributed by atoms with Crippen molar-refractivity contribution in [1.29, 1.82) is 0 Å². The summed E-state index contributed by atoms with van der Waals surface area (Å²) in [5.74, 6) is -0.286. The quantitative estimate of drug-likeness (QED) is 0.624. The highest BCUT2D eigenvalue weighted by atomic mass is 16.3. The van der Waals surface area contributed by atoms with Crippen LogP contribution in [-0.2, 0) is 12.8 Å². The summed E-state index contributed by atoms with van der Waals surface area (Å²) in [6.45, 7) is 0.324. The van der Waals surface area contributed by atoms with E-state index in [-0.39, 0.29) is 35.8 Å². The standard InChI is InChI=1S/C10H12N2O4/c11-9(14)7-6(2-4-13)16-5-1-3-12-10(15)8(5)7/h13H,1-4H2,(H2,11,14)(H,12,15). The van der Waals surface area contributed by atoms with Crippen LogP contribution in [0.4, 0.5) is 0 Å². The van der Waals surface area contributed by atoms with Gasteiger partial charge in [0.1, 0.15) is 11.5 Å². The van der Waals surface area contributed by atoms with Crippen LogP contribution in [-0.4, -0.2) is 30.1 Å². The number of nitrogens with two attached hydrogens (primary N) is 1. The average Bonchev–Trinajstić information content (AvgIpc) is 2.58. The molecule has 0 radical (unpaired) electrons. The largest absolute Gasteiger partial charge is 0.464 e. The molecule has 0 aromatic carbocycles. The summed E-state index contributed by atoms with van der Waals surface area (Å²) >= 11 is 0. The number of aliphatic hydroxyl groups excluding tert-OH is 1. The molecular formula is C10H12N2O4. The van der Waals surface area contributed by atoms with E-state index in [1.165, 1.54) is 0 Å². The number of aliphatic hydroxyl groups is 1. The van der Waals surface area contributed by atoms with E-state index >= 15 is 0 Å². The molecule has 0 saturated heterocycles. The maximum absolute atomic E-state index is 11.6. The second kappa shape index (κ2) is 3.97. The predicted molar refractivity (Wildman–Crippen MR) is 54.1 cm³/mol. The Morgan fingerprint density at radius 2 is 2.31 bits per heavy atom. The van der Waals surface area contributed by atoms with Crippen molar-refractivity contribution in [3.8, 4) is 0 Å². The Morgan fingerprint density at radius 1 is 1.56 bits per heavy atom. The number of primary amides is 1. The normalized spacial score (nSPS) is 14.4. The first-order valence-electron chi connectivity index (χ1n) is 4.98. The third-order valence-corrected chi connectivity index (χ3v) is 2.50. The second-order valence-corrected chi connectivity index (χ2v) is 3.54. The van der Waals surface area contributed by atoms with Gasteiger partial charge in [-0.2, -0.15) is 0 Å². The molecule has 6 heteroatoms. The van der Waals surface area contributed by atoms with E-state index in [1.807, 2.05) is 0 Å². The second-order valence-electron chi connectivity index (χ2n) is 3.54. The highest BCUT2D eigenvalue weighted by molar-refractivity contribution is 6.08. The van der Waals surface area contributed by atoms with Gasteiger partial charge in [-0.15, -0.1) is 0 Å². The number of fused-ring (bicyclic) bond motifs is 1. The van der Waals surface area contributed by atoms with Crippen LogP contribution in [0.25, 0.3) is 0 Å². The van der Waals surface area contributed by atoms with E-state index in [9.17, 15) is 9.59 Å². The van der Waals surface area contributed by atoms with E-state index in [0.717, 1.165) is 0 Å². The number of rotatable bonds is 3. The fourth-order valence-corrected chi connectivity index (χ4v) is 1.86. The van der Waals surface area contributed by atoms with Crippen LogP contribution in [0, 0.1) is 0 Å². The van der Waals surface area contributed by atoms with Crippen molar-refractivity contribution in [1.82, 2.24) is 5.32 Å². The van der Waals surface area contributed by atoms with E-state index in [4.69, 9.17) is 15.3 Å². The summed E-state index contributed by atoms with van der Waals surface area (Å²) in [6, 6.07) is 0. The van der Waals surface area contributed by atoms with Crippen LogP contribution >= 0.6 is 0 Å². The van der Waals surface area contributed by atoms with Gasteiger partial charge in [-0.1, -0.05) is 0 Å². The number of nitrogens with one attached hydrogen (secondary N) is 1. The molecule has 4 N–H and O–H groups in total. The van der Waals surface area contributed by atoms with Gasteiger partial charge in [-0.25, -0.2) is 0 Å². The van der Waals surface area contributed by atoms with Crippen molar-refractivity contribution in [2.75, 3.05) is 13.2 Å². The maximum Gasteiger partial charge on any atom is 0.255 e. The zero-order valence-electron chi connectivity index (χ0n) is 8.58. The molecule has 0 spiro atoms. The molecule has 16 heavy (non-hydrogen) atoms. The minimum absolute atomic E-state index is 0.0984. The molecule has 0 unspecified atom stereocenters. The molecule has 2 amide bonds. The van der Waals surface area contributed by atoms with Gasteiger partial charge in [0.05, 0.1) is 17.7 Å². The van der Waals surface area contributed by atoms with Crippen LogP contribution in [0.5, 0.6) is 0 Å². The molecule has 1 aliphatic heterocycles. The van der Waals surface area contributed by atoms with Crippen molar-refractivity contribution >= 4 is 11.8 Å². The summed E-state index contributed by atoms with van der Waals surface area (Å²) in [6.07, 6.45) is 0.714. The molecule has 0 saturated carbocycles. The van der Waals surface area contributed by atoms with E-state index in [1.54, 1.807) is 0 Å². The van der Waals surface area contributed by atoms with Crippen LogP contribution < -0.4 is 11.1 Å². The number of carbonyl (C=O) groups excluding carboxylic acids is 2. The van der Waals surface area contributed by atoms with Crippen LogP contribution in [0.1, 0.15) is 32.2 Å².